The third-order valence-electron chi connectivity index (χ3n) is 1.57. The Kier molecular flexibility index (Phi) is 3.77. The van der Waals surface area contributed by atoms with Crippen molar-refractivity contribution in [3.8, 4) is 11.5 Å². The lowest BCUT2D eigenvalue weighted by molar-refractivity contribution is 0.454. The van der Waals surface area contributed by atoms with Crippen LogP contribution < -0.4 is 9.47 Å². The molecule has 3 heteroatoms. The summed E-state index contributed by atoms with van der Waals surface area (Å²) in [6.45, 7) is 8.95. The van der Waals surface area contributed by atoms with Gasteiger partial charge in [-0.25, -0.2) is 0 Å². The molecule has 14 heavy (non-hydrogen) atoms. The summed E-state index contributed by atoms with van der Waals surface area (Å²) in [5, 5.41) is 0. The van der Waals surface area contributed by atoms with E-state index in [9.17, 15) is 0 Å². The summed E-state index contributed by atoms with van der Waals surface area (Å²) >= 11 is 3.37. The number of benzene rings is 1. The fraction of sp³-hybridized carbons (Fsp3) is 0.0909. The van der Waals surface area contributed by atoms with Gasteiger partial charge in [0.05, 0.1) is 12.5 Å². The maximum atomic E-state index is 5.21. The molecular weight excluding hydrogens is 244 g/mol. The van der Waals surface area contributed by atoms with Crippen LogP contribution in [0.4, 0.5) is 0 Å². The van der Waals surface area contributed by atoms with Gasteiger partial charge in [0, 0.05) is 0 Å². The maximum absolute atomic E-state index is 5.21. The Bertz CT molecular complexity index is 327. The van der Waals surface area contributed by atoms with E-state index in [1.165, 1.54) is 12.5 Å². The maximum Gasteiger partial charge on any atom is 0.144 e. The number of aryl methyl sites for hydroxylation is 1. The highest BCUT2D eigenvalue weighted by atomic mass is 79.9. The fourth-order valence-electron chi connectivity index (χ4n) is 1.05. The first-order valence-electron chi connectivity index (χ1n) is 4.04. The van der Waals surface area contributed by atoms with E-state index >= 15 is 0 Å². The van der Waals surface area contributed by atoms with Crippen LogP contribution in [0.3, 0.4) is 0 Å². The highest BCUT2D eigenvalue weighted by molar-refractivity contribution is 9.10. The zero-order chi connectivity index (χ0) is 10.6. The van der Waals surface area contributed by atoms with E-state index in [1.54, 1.807) is 0 Å². The molecule has 0 fully saturated rings. The van der Waals surface area contributed by atoms with Gasteiger partial charge in [0.1, 0.15) is 16.0 Å². The molecule has 0 heterocycles. The van der Waals surface area contributed by atoms with Gasteiger partial charge in [-0.15, -0.1) is 0 Å². The van der Waals surface area contributed by atoms with Crippen molar-refractivity contribution in [2.75, 3.05) is 0 Å². The SMILES string of the molecule is C=COc1cc(C)cc(OC=C)c1Br. The van der Waals surface area contributed by atoms with E-state index in [-0.39, 0.29) is 0 Å². The second-order valence-corrected chi connectivity index (χ2v) is 3.44. The van der Waals surface area contributed by atoms with Gasteiger partial charge in [-0.3, -0.25) is 0 Å². The average molecular weight is 255 g/mol. The molecule has 0 spiro atoms. The van der Waals surface area contributed by atoms with Gasteiger partial charge in [-0.05, 0) is 40.5 Å². The predicted octanol–water partition coefficient (Wildman–Crippen LogP) is 3.80. The van der Waals surface area contributed by atoms with E-state index in [1.807, 2.05) is 19.1 Å². The Morgan fingerprint density at radius 2 is 1.57 bits per heavy atom. The van der Waals surface area contributed by atoms with Crippen LogP contribution in [0.5, 0.6) is 11.5 Å². The largest absolute Gasteiger partial charge is 0.464 e. The number of rotatable bonds is 4. The normalized spacial score (nSPS) is 9.29. The van der Waals surface area contributed by atoms with Gasteiger partial charge in [0.15, 0.2) is 0 Å². The van der Waals surface area contributed by atoms with Crippen LogP contribution >= 0.6 is 15.9 Å². The molecule has 74 valence electrons. The summed E-state index contributed by atoms with van der Waals surface area (Å²) in [6.07, 6.45) is 2.74. The summed E-state index contributed by atoms with van der Waals surface area (Å²) in [4.78, 5) is 0. The average Bonchev–Trinajstić information content (AvgIpc) is 2.14. The Morgan fingerprint density at radius 1 is 1.14 bits per heavy atom. The topological polar surface area (TPSA) is 18.5 Å². The summed E-state index contributed by atoms with van der Waals surface area (Å²) in [5.74, 6) is 1.36. The van der Waals surface area contributed by atoms with Crippen molar-refractivity contribution in [1.82, 2.24) is 0 Å². The minimum absolute atomic E-state index is 0.678. The third-order valence-corrected chi connectivity index (χ3v) is 2.35. The summed E-state index contributed by atoms with van der Waals surface area (Å²) in [6, 6.07) is 3.78. The first-order chi connectivity index (χ1) is 6.69. The van der Waals surface area contributed by atoms with Crippen molar-refractivity contribution in [2.45, 2.75) is 6.92 Å². The van der Waals surface area contributed by atoms with Crippen LogP contribution in [0.25, 0.3) is 0 Å². The van der Waals surface area contributed by atoms with Gasteiger partial charge < -0.3 is 9.47 Å². The van der Waals surface area contributed by atoms with Gasteiger partial charge >= 0.3 is 0 Å². The number of halogens is 1. The van der Waals surface area contributed by atoms with E-state index in [0.717, 1.165) is 10.0 Å². The molecule has 0 N–H and O–H groups in total. The lowest BCUT2D eigenvalue weighted by atomic mass is 10.2. The molecule has 1 aromatic carbocycles. The zero-order valence-corrected chi connectivity index (χ0v) is 9.50. The Balaban J connectivity index is 3.16. The van der Waals surface area contributed by atoms with Crippen molar-refractivity contribution in [2.24, 2.45) is 0 Å². The van der Waals surface area contributed by atoms with Crippen LogP contribution in [-0.2, 0) is 0 Å². The van der Waals surface area contributed by atoms with Gasteiger partial charge in [0.2, 0.25) is 0 Å². The minimum atomic E-state index is 0.678. The molecule has 0 atom stereocenters. The highest BCUT2D eigenvalue weighted by Gasteiger charge is 2.08. The van der Waals surface area contributed by atoms with Crippen molar-refractivity contribution in [3.05, 3.63) is 47.9 Å². The lowest BCUT2D eigenvalue weighted by Gasteiger charge is -2.09. The first kappa shape index (κ1) is 10.9. The predicted molar refractivity (Wildman–Crippen MR) is 60.5 cm³/mol. The number of hydrogen-bond donors (Lipinski definition) is 0. The van der Waals surface area contributed by atoms with Crippen molar-refractivity contribution in [1.29, 1.82) is 0 Å². The van der Waals surface area contributed by atoms with Crippen LogP contribution in [0, 0.1) is 6.92 Å². The van der Waals surface area contributed by atoms with Gasteiger partial charge in [0.25, 0.3) is 0 Å². The Labute approximate surface area is 92.0 Å². The number of hydrogen-bond acceptors (Lipinski definition) is 2. The molecule has 0 amide bonds. The van der Waals surface area contributed by atoms with Crippen molar-refractivity contribution in [3.63, 3.8) is 0 Å². The van der Waals surface area contributed by atoms with E-state index < -0.39 is 0 Å². The Hall–Kier alpha value is -1.22. The summed E-state index contributed by atoms with van der Waals surface area (Å²) in [7, 11) is 0. The van der Waals surface area contributed by atoms with Crippen molar-refractivity contribution >= 4 is 15.9 Å². The van der Waals surface area contributed by atoms with Crippen LogP contribution in [0.15, 0.2) is 42.3 Å². The second kappa shape index (κ2) is 4.86. The lowest BCUT2D eigenvalue weighted by Crippen LogP contribution is -1.89. The molecule has 0 unspecified atom stereocenters. The quantitative estimate of drug-likeness (QED) is 0.762. The summed E-state index contributed by atoms with van der Waals surface area (Å²) < 4.78 is 11.2. The molecule has 0 saturated carbocycles. The number of ether oxygens (including phenoxy) is 2. The molecule has 0 saturated heterocycles. The van der Waals surface area contributed by atoms with Gasteiger partial charge in [-0.2, -0.15) is 0 Å². The second-order valence-electron chi connectivity index (χ2n) is 2.64. The van der Waals surface area contributed by atoms with Crippen LogP contribution in [0.1, 0.15) is 5.56 Å². The monoisotopic (exact) mass is 254 g/mol. The summed E-state index contributed by atoms with van der Waals surface area (Å²) in [5.41, 5.74) is 1.04. The smallest absolute Gasteiger partial charge is 0.144 e. The molecule has 0 aromatic heterocycles. The molecule has 0 aliphatic carbocycles. The van der Waals surface area contributed by atoms with E-state index in [0.29, 0.717) is 11.5 Å². The molecule has 0 aliphatic rings. The molecular formula is C11H11BrO2. The van der Waals surface area contributed by atoms with E-state index in [2.05, 4.69) is 29.1 Å². The highest BCUT2D eigenvalue weighted by Crippen LogP contribution is 2.35. The first-order valence-corrected chi connectivity index (χ1v) is 4.83. The molecule has 2 nitrogen and oxygen atoms in total. The van der Waals surface area contributed by atoms with Gasteiger partial charge in [-0.1, -0.05) is 13.2 Å². The molecule has 0 aliphatic heterocycles. The Morgan fingerprint density at radius 3 is 1.93 bits per heavy atom. The van der Waals surface area contributed by atoms with E-state index in [4.69, 9.17) is 9.47 Å². The molecule has 1 aromatic rings. The van der Waals surface area contributed by atoms with Crippen LogP contribution in [-0.4, -0.2) is 0 Å². The fourth-order valence-corrected chi connectivity index (χ4v) is 1.47. The van der Waals surface area contributed by atoms with Crippen LogP contribution in [0.2, 0.25) is 0 Å². The molecule has 1 rings (SSSR count). The third kappa shape index (κ3) is 2.39. The molecule has 0 radical (unpaired) electrons. The minimum Gasteiger partial charge on any atom is -0.464 e. The zero-order valence-electron chi connectivity index (χ0n) is 7.92. The van der Waals surface area contributed by atoms with Crippen molar-refractivity contribution < 1.29 is 9.47 Å². The standard InChI is InChI=1S/C11H11BrO2/c1-4-13-9-6-8(3)7-10(11(9)12)14-5-2/h4-7H,1-2H2,3H3. The molecule has 0 bridgehead atoms.